The molecule has 0 atom stereocenters. The first kappa shape index (κ1) is 12.7. The molecule has 0 saturated heterocycles. The van der Waals surface area contributed by atoms with Crippen LogP contribution in [0.2, 0.25) is 5.02 Å². The van der Waals surface area contributed by atoms with Crippen molar-refractivity contribution >= 4 is 44.6 Å². The first-order valence-electron chi connectivity index (χ1n) is 5.12. The molecule has 0 fully saturated rings. The van der Waals surface area contributed by atoms with Gasteiger partial charge in [-0.25, -0.2) is 0 Å². The molecule has 0 aromatic heterocycles. The summed E-state index contributed by atoms with van der Waals surface area (Å²) in [5.74, 6) is 0. The molecule has 90 valence electrons. The van der Waals surface area contributed by atoms with E-state index in [1.807, 2.05) is 12.1 Å². The van der Waals surface area contributed by atoms with Gasteiger partial charge in [-0.05, 0) is 36.4 Å². The molecule has 3 N–H and O–H groups in total. The third kappa shape index (κ3) is 2.76. The van der Waals surface area contributed by atoms with Crippen molar-refractivity contribution < 1.29 is 0 Å². The highest BCUT2D eigenvalue weighted by Crippen LogP contribution is 2.29. The van der Waals surface area contributed by atoms with Crippen LogP contribution in [0.4, 0.5) is 17.1 Å². The molecule has 0 radical (unpaired) electrons. The van der Waals surface area contributed by atoms with Crippen molar-refractivity contribution in [2.45, 2.75) is 0 Å². The standard InChI is InChI=1S/C13H9BrClN3/c14-9-2-4-11(17)13(5-9)18-12-6-10(15)3-1-8(12)7-16/h1-6,18H,17H2. The van der Waals surface area contributed by atoms with Crippen molar-refractivity contribution in [1.82, 2.24) is 0 Å². The van der Waals surface area contributed by atoms with Crippen molar-refractivity contribution in [3.05, 3.63) is 51.5 Å². The Morgan fingerprint density at radius 3 is 2.67 bits per heavy atom. The van der Waals surface area contributed by atoms with Crippen LogP contribution in [0.3, 0.4) is 0 Å². The van der Waals surface area contributed by atoms with Gasteiger partial charge in [0.1, 0.15) is 6.07 Å². The quantitative estimate of drug-likeness (QED) is 0.810. The molecular formula is C13H9BrClN3. The highest BCUT2D eigenvalue weighted by atomic mass is 79.9. The summed E-state index contributed by atoms with van der Waals surface area (Å²) in [5, 5.41) is 12.7. The fourth-order valence-corrected chi connectivity index (χ4v) is 2.03. The van der Waals surface area contributed by atoms with E-state index in [1.165, 1.54) is 0 Å². The van der Waals surface area contributed by atoms with E-state index in [4.69, 9.17) is 22.6 Å². The molecule has 0 aliphatic rings. The zero-order valence-corrected chi connectivity index (χ0v) is 11.6. The van der Waals surface area contributed by atoms with Crippen LogP contribution in [0, 0.1) is 11.3 Å². The number of hydrogen-bond acceptors (Lipinski definition) is 3. The van der Waals surface area contributed by atoms with Crippen molar-refractivity contribution in [3.63, 3.8) is 0 Å². The Morgan fingerprint density at radius 1 is 1.17 bits per heavy atom. The maximum absolute atomic E-state index is 9.04. The van der Waals surface area contributed by atoms with Crippen molar-refractivity contribution in [3.8, 4) is 6.07 Å². The number of nitrogens with one attached hydrogen (secondary N) is 1. The minimum Gasteiger partial charge on any atom is -0.397 e. The monoisotopic (exact) mass is 321 g/mol. The Labute approximate surface area is 118 Å². The van der Waals surface area contributed by atoms with E-state index < -0.39 is 0 Å². The zero-order chi connectivity index (χ0) is 13.1. The van der Waals surface area contributed by atoms with Crippen LogP contribution in [-0.4, -0.2) is 0 Å². The Balaban J connectivity index is 2.43. The highest BCUT2D eigenvalue weighted by Gasteiger charge is 2.06. The number of hydrogen-bond donors (Lipinski definition) is 2. The molecule has 2 aromatic rings. The predicted octanol–water partition coefficient (Wildman–Crippen LogP) is 4.30. The van der Waals surface area contributed by atoms with Crippen molar-refractivity contribution in [1.29, 1.82) is 5.26 Å². The number of nitrogen functional groups attached to an aromatic ring is 1. The molecular weight excluding hydrogens is 314 g/mol. The van der Waals surface area contributed by atoms with Gasteiger partial charge in [0.25, 0.3) is 0 Å². The molecule has 0 unspecified atom stereocenters. The first-order chi connectivity index (χ1) is 8.60. The lowest BCUT2D eigenvalue weighted by atomic mass is 10.2. The number of rotatable bonds is 2. The average Bonchev–Trinajstić information content (AvgIpc) is 2.34. The van der Waals surface area contributed by atoms with Gasteiger partial charge in [-0.3, -0.25) is 0 Å². The van der Waals surface area contributed by atoms with Crippen LogP contribution in [0.15, 0.2) is 40.9 Å². The number of anilines is 3. The molecule has 2 rings (SSSR count). The van der Waals surface area contributed by atoms with Gasteiger partial charge in [-0.15, -0.1) is 0 Å². The summed E-state index contributed by atoms with van der Waals surface area (Å²) in [5.41, 5.74) is 8.34. The number of nitriles is 1. The van der Waals surface area contributed by atoms with Crippen LogP contribution in [-0.2, 0) is 0 Å². The van der Waals surface area contributed by atoms with Crippen LogP contribution < -0.4 is 11.1 Å². The van der Waals surface area contributed by atoms with E-state index in [9.17, 15) is 0 Å². The second-order valence-corrected chi connectivity index (χ2v) is 5.01. The summed E-state index contributed by atoms with van der Waals surface area (Å²) >= 11 is 9.29. The maximum atomic E-state index is 9.04. The molecule has 3 nitrogen and oxygen atoms in total. The SMILES string of the molecule is N#Cc1ccc(Cl)cc1Nc1cc(Br)ccc1N. The normalized spacial score (nSPS) is 9.83. The first-order valence-corrected chi connectivity index (χ1v) is 6.29. The molecule has 0 aliphatic carbocycles. The lowest BCUT2D eigenvalue weighted by Gasteiger charge is -2.11. The molecule has 0 saturated carbocycles. The van der Waals surface area contributed by atoms with E-state index in [2.05, 4.69) is 27.3 Å². The van der Waals surface area contributed by atoms with Gasteiger partial charge < -0.3 is 11.1 Å². The predicted molar refractivity (Wildman–Crippen MR) is 78.0 cm³/mol. The van der Waals surface area contributed by atoms with E-state index in [0.29, 0.717) is 22.0 Å². The van der Waals surface area contributed by atoms with Crippen LogP contribution in [0.25, 0.3) is 0 Å². The molecule has 0 bridgehead atoms. The largest absolute Gasteiger partial charge is 0.397 e. The van der Waals surface area contributed by atoms with Crippen LogP contribution in [0.1, 0.15) is 5.56 Å². The summed E-state index contributed by atoms with van der Waals surface area (Å²) in [4.78, 5) is 0. The van der Waals surface area contributed by atoms with Crippen molar-refractivity contribution in [2.24, 2.45) is 0 Å². The smallest absolute Gasteiger partial charge is 0.101 e. The molecule has 18 heavy (non-hydrogen) atoms. The van der Waals surface area contributed by atoms with Gasteiger partial charge in [0.2, 0.25) is 0 Å². The molecule has 5 heteroatoms. The lowest BCUT2D eigenvalue weighted by molar-refractivity contribution is 1.46. The summed E-state index contributed by atoms with van der Waals surface area (Å²) in [6, 6.07) is 12.6. The second kappa shape index (κ2) is 5.30. The third-order valence-corrected chi connectivity index (χ3v) is 3.12. The Hall–Kier alpha value is -1.70. The highest BCUT2D eigenvalue weighted by molar-refractivity contribution is 9.10. The average molecular weight is 323 g/mol. The minimum absolute atomic E-state index is 0.513. The van der Waals surface area contributed by atoms with Gasteiger partial charge in [-0.2, -0.15) is 5.26 Å². The summed E-state index contributed by atoms with van der Waals surface area (Å²) in [7, 11) is 0. The van der Waals surface area contributed by atoms with Gasteiger partial charge >= 0.3 is 0 Å². The second-order valence-electron chi connectivity index (χ2n) is 3.66. The van der Waals surface area contributed by atoms with E-state index in [1.54, 1.807) is 24.3 Å². The van der Waals surface area contributed by atoms with Crippen LogP contribution >= 0.6 is 27.5 Å². The lowest BCUT2D eigenvalue weighted by Crippen LogP contribution is -1.98. The molecule has 0 amide bonds. The summed E-state index contributed by atoms with van der Waals surface area (Å²) in [6.07, 6.45) is 0. The number of nitrogens with zero attached hydrogens (tertiary/aromatic N) is 1. The summed E-state index contributed by atoms with van der Waals surface area (Å²) < 4.78 is 0.903. The van der Waals surface area contributed by atoms with Gasteiger partial charge in [0.15, 0.2) is 0 Å². The minimum atomic E-state index is 0.513. The van der Waals surface area contributed by atoms with Crippen molar-refractivity contribution in [2.75, 3.05) is 11.1 Å². The van der Waals surface area contributed by atoms with E-state index in [-0.39, 0.29) is 0 Å². The van der Waals surface area contributed by atoms with E-state index in [0.717, 1.165) is 10.2 Å². The Kier molecular flexibility index (Phi) is 3.75. The number of benzene rings is 2. The van der Waals surface area contributed by atoms with E-state index >= 15 is 0 Å². The molecule has 2 aromatic carbocycles. The zero-order valence-electron chi connectivity index (χ0n) is 9.24. The molecule has 0 aliphatic heterocycles. The Bertz CT molecular complexity index is 635. The molecule has 0 spiro atoms. The fraction of sp³-hybridized carbons (Fsp3) is 0. The maximum Gasteiger partial charge on any atom is 0.101 e. The summed E-state index contributed by atoms with van der Waals surface area (Å²) in [6.45, 7) is 0. The fourth-order valence-electron chi connectivity index (χ4n) is 1.50. The van der Waals surface area contributed by atoms with Gasteiger partial charge in [0, 0.05) is 9.50 Å². The Morgan fingerprint density at radius 2 is 1.94 bits per heavy atom. The number of nitrogens with two attached hydrogens (primary N) is 1. The third-order valence-electron chi connectivity index (χ3n) is 2.39. The van der Waals surface area contributed by atoms with Crippen LogP contribution in [0.5, 0.6) is 0 Å². The molecule has 0 heterocycles. The number of halogens is 2. The van der Waals surface area contributed by atoms with Gasteiger partial charge in [-0.1, -0.05) is 27.5 Å². The topological polar surface area (TPSA) is 61.8 Å². The van der Waals surface area contributed by atoms with Gasteiger partial charge in [0.05, 0.1) is 22.6 Å².